The number of anilines is 1. The highest BCUT2D eigenvalue weighted by Crippen LogP contribution is 2.26. The number of para-hydroxylation sites is 2. The monoisotopic (exact) mass is 396 g/mol. The molecule has 0 unspecified atom stereocenters. The van der Waals surface area contributed by atoms with Gasteiger partial charge in [0.2, 0.25) is 0 Å². The summed E-state index contributed by atoms with van der Waals surface area (Å²) >= 11 is 6.29. The van der Waals surface area contributed by atoms with E-state index in [1.54, 1.807) is 6.07 Å². The Labute approximate surface area is 169 Å². The average Bonchev–Trinajstić information content (AvgIpc) is 3.22. The van der Waals surface area contributed by atoms with E-state index in [1.165, 1.54) is 6.26 Å². The second-order valence-corrected chi connectivity index (χ2v) is 7.01. The number of benzene rings is 2. The van der Waals surface area contributed by atoms with Crippen LogP contribution >= 0.6 is 11.6 Å². The number of hydrogen-bond acceptors (Lipinski definition) is 4. The van der Waals surface area contributed by atoms with E-state index in [4.69, 9.17) is 20.8 Å². The van der Waals surface area contributed by atoms with Gasteiger partial charge in [-0.25, -0.2) is 0 Å². The number of ether oxygens (including phenoxy) is 1. The van der Waals surface area contributed by atoms with Crippen molar-refractivity contribution in [3.63, 3.8) is 0 Å². The molecule has 1 aromatic heterocycles. The van der Waals surface area contributed by atoms with E-state index in [0.717, 1.165) is 35.1 Å². The van der Waals surface area contributed by atoms with Gasteiger partial charge in [0.05, 0.1) is 17.0 Å². The molecule has 2 heterocycles. The Morgan fingerprint density at radius 2 is 1.68 bits per heavy atom. The summed E-state index contributed by atoms with van der Waals surface area (Å²) in [6.45, 7) is 2.98. The predicted octanol–water partition coefficient (Wildman–Crippen LogP) is 4.47. The van der Waals surface area contributed by atoms with Crippen molar-refractivity contribution in [2.45, 2.75) is 6.61 Å². The molecule has 1 amide bonds. The lowest BCUT2D eigenvalue weighted by molar-refractivity contribution is 0.0711. The largest absolute Gasteiger partial charge is 0.489 e. The van der Waals surface area contributed by atoms with Gasteiger partial charge in [-0.05, 0) is 30.3 Å². The Morgan fingerprint density at radius 1 is 0.964 bits per heavy atom. The fourth-order valence-corrected chi connectivity index (χ4v) is 3.57. The van der Waals surface area contributed by atoms with Crippen molar-refractivity contribution in [2.75, 3.05) is 31.1 Å². The number of carbonyl (C=O) groups is 1. The van der Waals surface area contributed by atoms with Crippen LogP contribution in [0.25, 0.3) is 0 Å². The van der Waals surface area contributed by atoms with Crippen molar-refractivity contribution in [1.82, 2.24) is 4.90 Å². The molecule has 1 saturated heterocycles. The lowest BCUT2D eigenvalue weighted by atomic mass is 10.2. The molecule has 0 spiro atoms. The van der Waals surface area contributed by atoms with Gasteiger partial charge in [0.15, 0.2) is 5.76 Å². The minimum Gasteiger partial charge on any atom is -0.489 e. The van der Waals surface area contributed by atoms with E-state index in [1.807, 2.05) is 59.5 Å². The lowest BCUT2D eigenvalue weighted by Gasteiger charge is -2.36. The van der Waals surface area contributed by atoms with E-state index in [-0.39, 0.29) is 5.91 Å². The zero-order valence-corrected chi connectivity index (χ0v) is 16.1. The van der Waals surface area contributed by atoms with Crippen LogP contribution in [0.1, 0.15) is 16.1 Å². The topological polar surface area (TPSA) is 45.9 Å². The third-order valence-corrected chi connectivity index (χ3v) is 5.16. The number of hydrogen-bond donors (Lipinski definition) is 0. The summed E-state index contributed by atoms with van der Waals surface area (Å²) in [6.07, 6.45) is 1.54. The molecule has 5 nitrogen and oxygen atoms in total. The number of rotatable bonds is 5. The first kappa shape index (κ1) is 18.4. The van der Waals surface area contributed by atoms with E-state index in [2.05, 4.69) is 4.90 Å². The summed E-state index contributed by atoms with van der Waals surface area (Å²) < 4.78 is 11.3. The average molecular weight is 397 g/mol. The molecule has 0 N–H and O–H groups in total. The van der Waals surface area contributed by atoms with Crippen LogP contribution in [0.3, 0.4) is 0 Å². The number of amides is 1. The van der Waals surface area contributed by atoms with Crippen molar-refractivity contribution < 1.29 is 13.9 Å². The molecule has 28 heavy (non-hydrogen) atoms. The minimum absolute atomic E-state index is 0.101. The molecule has 1 aliphatic heterocycles. The zero-order valence-electron chi connectivity index (χ0n) is 15.4. The van der Waals surface area contributed by atoms with Crippen LogP contribution in [0.5, 0.6) is 5.75 Å². The number of piperazine rings is 1. The summed E-state index contributed by atoms with van der Waals surface area (Å²) in [6, 6.07) is 19.1. The van der Waals surface area contributed by atoms with Gasteiger partial charge >= 0.3 is 0 Å². The molecule has 1 fully saturated rings. The van der Waals surface area contributed by atoms with Crippen LogP contribution < -0.4 is 9.64 Å². The highest BCUT2D eigenvalue weighted by molar-refractivity contribution is 6.33. The molecule has 0 atom stereocenters. The standard InChI is InChI=1S/C22H21ClN2O3/c23-19-8-4-5-9-20(19)24-11-13-25(14-12-24)22(26)21-17(10-15-27-21)16-28-18-6-2-1-3-7-18/h1-10,15H,11-14,16H2. The van der Waals surface area contributed by atoms with Gasteiger partial charge in [0, 0.05) is 31.7 Å². The Kier molecular flexibility index (Phi) is 5.53. The molecule has 3 aromatic rings. The Morgan fingerprint density at radius 3 is 2.43 bits per heavy atom. The third kappa shape index (κ3) is 3.99. The number of halogens is 1. The normalized spacial score (nSPS) is 14.2. The van der Waals surface area contributed by atoms with Gasteiger partial charge in [-0.15, -0.1) is 0 Å². The fourth-order valence-electron chi connectivity index (χ4n) is 3.32. The highest BCUT2D eigenvalue weighted by Gasteiger charge is 2.26. The second kappa shape index (κ2) is 8.40. The van der Waals surface area contributed by atoms with E-state index >= 15 is 0 Å². The van der Waals surface area contributed by atoms with Crippen molar-refractivity contribution in [2.24, 2.45) is 0 Å². The maximum atomic E-state index is 12.9. The molecule has 2 aromatic carbocycles. The van der Waals surface area contributed by atoms with Gasteiger partial charge in [-0.2, -0.15) is 0 Å². The van der Waals surface area contributed by atoms with E-state index in [9.17, 15) is 4.79 Å². The molecule has 4 rings (SSSR count). The SMILES string of the molecule is O=C(c1occc1COc1ccccc1)N1CCN(c2ccccc2Cl)CC1. The summed E-state index contributed by atoms with van der Waals surface area (Å²) in [7, 11) is 0. The zero-order chi connectivity index (χ0) is 19.3. The molecule has 0 aliphatic carbocycles. The summed E-state index contributed by atoms with van der Waals surface area (Å²) in [5.41, 5.74) is 1.76. The van der Waals surface area contributed by atoms with Crippen LogP contribution in [-0.4, -0.2) is 37.0 Å². The quantitative estimate of drug-likeness (QED) is 0.638. The molecule has 6 heteroatoms. The lowest BCUT2D eigenvalue weighted by Crippen LogP contribution is -2.49. The van der Waals surface area contributed by atoms with Gasteiger partial charge < -0.3 is 19.0 Å². The first-order chi connectivity index (χ1) is 13.7. The van der Waals surface area contributed by atoms with Gasteiger partial charge in [0.25, 0.3) is 5.91 Å². The molecular formula is C22H21ClN2O3. The number of carbonyl (C=O) groups excluding carboxylic acids is 1. The predicted molar refractivity (Wildman–Crippen MR) is 109 cm³/mol. The molecule has 1 aliphatic rings. The molecule has 0 bridgehead atoms. The smallest absolute Gasteiger partial charge is 0.290 e. The van der Waals surface area contributed by atoms with Crippen LogP contribution in [0, 0.1) is 0 Å². The second-order valence-electron chi connectivity index (χ2n) is 6.61. The van der Waals surface area contributed by atoms with Crippen molar-refractivity contribution in [3.8, 4) is 5.75 Å². The van der Waals surface area contributed by atoms with Crippen molar-refractivity contribution >= 4 is 23.2 Å². The van der Waals surface area contributed by atoms with Crippen LogP contribution in [0.2, 0.25) is 5.02 Å². The van der Waals surface area contributed by atoms with E-state index in [0.29, 0.717) is 25.5 Å². The van der Waals surface area contributed by atoms with Crippen LogP contribution in [-0.2, 0) is 6.61 Å². The summed E-state index contributed by atoms with van der Waals surface area (Å²) in [5, 5.41) is 0.730. The minimum atomic E-state index is -0.101. The van der Waals surface area contributed by atoms with Crippen molar-refractivity contribution in [1.29, 1.82) is 0 Å². The molecular weight excluding hydrogens is 376 g/mol. The number of furan rings is 1. The molecule has 0 radical (unpaired) electrons. The Balaban J connectivity index is 1.38. The highest BCUT2D eigenvalue weighted by atomic mass is 35.5. The third-order valence-electron chi connectivity index (χ3n) is 4.84. The fraction of sp³-hybridized carbons (Fsp3) is 0.227. The van der Waals surface area contributed by atoms with Crippen molar-refractivity contribution in [3.05, 3.63) is 83.3 Å². The van der Waals surface area contributed by atoms with Gasteiger partial charge in [-0.1, -0.05) is 41.9 Å². The van der Waals surface area contributed by atoms with Crippen LogP contribution in [0.15, 0.2) is 71.3 Å². The van der Waals surface area contributed by atoms with E-state index < -0.39 is 0 Å². The Hall–Kier alpha value is -2.92. The maximum absolute atomic E-state index is 12.9. The molecule has 144 valence electrons. The Bertz CT molecular complexity index is 934. The van der Waals surface area contributed by atoms with Gasteiger partial charge in [0.1, 0.15) is 12.4 Å². The number of nitrogens with zero attached hydrogens (tertiary/aromatic N) is 2. The first-order valence-corrected chi connectivity index (χ1v) is 9.63. The summed E-state index contributed by atoms with van der Waals surface area (Å²) in [4.78, 5) is 17.0. The van der Waals surface area contributed by atoms with Crippen LogP contribution in [0.4, 0.5) is 5.69 Å². The van der Waals surface area contributed by atoms with Gasteiger partial charge in [-0.3, -0.25) is 4.79 Å². The molecule has 0 saturated carbocycles. The summed E-state index contributed by atoms with van der Waals surface area (Å²) in [5.74, 6) is 1.01. The first-order valence-electron chi connectivity index (χ1n) is 9.25. The maximum Gasteiger partial charge on any atom is 0.290 e.